The fraction of sp³-hybridized carbons (Fsp3) is 0.630. The van der Waals surface area contributed by atoms with Gasteiger partial charge in [0, 0.05) is 51.3 Å². The van der Waals surface area contributed by atoms with Crippen LogP contribution in [-0.4, -0.2) is 91.8 Å². The van der Waals surface area contributed by atoms with E-state index in [0.717, 1.165) is 7.11 Å². The van der Waals surface area contributed by atoms with Gasteiger partial charge in [-0.15, -0.1) is 0 Å². The summed E-state index contributed by atoms with van der Waals surface area (Å²) in [4.78, 5) is 20.7. The number of carbonyl (C=O) groups is 1. The average Bonchev–Trinajstić information content (AvgIpc) is 3.33. The fourth-order valence-electron chi connectivity index (χ4n) is 6.20. The molecule has 3 aromatic heterocycles. The topological polar surface area (TPSA) is 104 Å². The van der Waals surface area contributed by atoms with Crippen molar-refractivity contribution in [1.82, 2.24) is 29.9 Å². The molecule has 0 aromatic carbocycles. The van der Waals surface area contributed by atoms with E-state index in [2.05, 4.69) is 25.6 Å². The van der Waals surface area contributed by atoms with E-state index in [0.29, 0.717) is 23.7 Å². The number of H-pyrrole nitrogens is 1. The maximum Gasteiger partial charge on any atom is 0.417 e. The van der Waals surface area contributed by atoms with Crippen LogP contribution in [0.2, 0.25) is 0 Å². The number of amides is 2. The van der Waals surface area contributed by atoms with Crippen molar-refractivity contribution in [2.75, 3.05) is 37.0 Å². The summed E-state index contributed by atoms with van der Waals surface area (Å²) in [6.07, 6.45) is -6.09. The number of rotatable bonds is 6. The number of methoxy groups -OCH3 is 1. The molecule has 44 heavy (non-hydrogen) atoms. The molecule has 2 amide bonds. The fourth-order valence-corrected chi connectivity index (χ4v) is 6.20. The molecule has 6 rings (SSSR count). The van der Waals surface area contributed by atoms with E-state index < -0.39 is 47.5 Å². The molecule has 240 valence electrons. The number of urea groups is 1. The van der Waals surface area contributed by atoms with Crippen molar-refractivity contribution in [3.63, 3.8) is 0 Å². The van der Waals surface area contributed by atoms with E-state index >= 15 is 0 Å². The minimum Gasteiger partial charge on any atom is -0.369 e. The minimum atomic E-state index is -4.58. The number of carbonyl (C=O) groups excluding carboxylic acids is 1. The maximum atomic E-state index is 14.7. The summed E-state index contributed by atoms with van der Waals surface area (Å²) in [6.45, 7) is 1.80. The van der Waals surface area contributed by atoms with Gasteiger partial charge in [0.1, 0.15) is 11.4 Å². The molecule has 0 radical (unpaired) electrons. The third kappa shape index (κ3) is 5.21. The van der Waals surface area contributed by atoms with Crippen molar-refractivity contribution < 1.29 is 40.3 Å². The summed E-state index contributed by atoms with van der Waals surface area (Å²) in [5, 5.41) is 14.4. The van der Waals surface area contributed by atoms with Crippen molar-refractivity contribution >= 4 is 28.4 Å². The Balaban J connectivity index is 1.26. The van der Waals surface area contributed by atoms with E-state index in [1.54, 1.807) is 6.07 Å². The molecule has 1 atom stereocenters. The van der Waals surface area contributed by atoms with E-state index in [1.807, 2.05) is 0 Å². The number of hydrogen-bond donors (Lipinski definition) is 2. The maximum absolute atomic E-state index is 14.7. The molecule has 1 aliphatic carbocycles. The molecular weight excluding hydrogens is 601 g/mol. The quantitative estimate of drug-likeness (QED) is 0.339. The van der Waals surface area contributed by atoms with Crippen LogP contribution >= 0.6 is 0 Å². The molecule has 1 spiro atoms. The number of likely N-dealkylation sites (tertiary alicyclic amines) is 1. The van der Waals surface area contributed by atoms with E-state index in [9.17, 15) is 35.5 Å². The number of pyridine rings is 1. The van der Waals surface area contributed by atoms with Gasteiger partial charge < -0.3 is 19.9 Å². The van der Waals surface area contributed by atoms with Gasteiger partial charge in [-0.05, 0) is 32.8 Å². The predicted molar refractivity (Wildman–Crippen MR) is 145 cm³/mol. The summed E-state index contributed by atoms with van der Waals surface area (Å²) < 4.78 is 102. The highest BCUT2D eigenvalue weighted by Crippen LogP contribution is 2.56. The second-order valence-corrected chi connectivity index (χ2v) is 12.5. The summed E-state index contributed by atoms with van der Waals surface area (Å²) in [6, 6.07) is 0.975. The number of aromatic amines is 1. The standard InChI is InChI=1S/C27H31F7N8O2/c1-23(2,28)14-42-19-8-17(35-9-16(19)21(39-42)40-11-15(12-40)26(29,30)31)20-18(10-36-38-20)37-22(43)41-7-6-25(44-3,27(32,33)34)13-24(41)4-5-24/h8-10,15H,4-7,11-14H2,1-3H3,(H,36,38)(H,37,43)/t25-/m1/s1. The lowest BCUT2D eigenvalue weighted by Crippen LogP contribution is -2.61. The van der Waals surface area contributed by atoms with Crippen LogP contribution in [0.1, 0.15) is 39.5 Å². The second kappa shape index (κ2) is 9.94. The number of anilines is 2. The Morgan fingerprint density at radius 2 is 1.82 bits per heavy atom. The monoisotopic (exact) mass is 632 g/mol. The molecule has 5 heterocycles. The number of fused-ring (bicyclic) bond motifs is 1. The van der Waals surface area contributed by atoms with E-state index in [1.165, 1.54) is 40.7 Å². The molecule has 17 heteroatoms. The largest absolute Gasteiger partial charge is 0.417 e. The smallest absolute Gasteiger partial charge is 0.369 e. The van der Waals surface area contributed by atoms with Crippen LogP contribution < -0.4 is 10.2 Å². The summed E-state index contributed by atoms with van der Waals surface area (Å²) in [7, 11) is 1.03. The molecule has 2 saturated heterocycles. The zero-order valence-electron chi connectivity index (χ0n) is 24.1. The van der Waals surface area contributed by atoms with E-state index in [4.69, 9.17) is 4.74 Å². The summed E-state index contributed by atoms with van der Waals surface area (Å²) >= 11 is 0. The van der Waals surface area contributed by atoms with Crippen molar-refractivity contribution in [3.05, 3.63) is 18.5 Å². The Labute approximate surface area is 246 Å². The first kappa shape index (κ1) is 30.4. The molecule has 1 saturated carbocycles. The molecule has 10 nitrogen and oxygen atoms in total. The first-order valence-corrected chi connectivity index (χ1v) is 14.1. The normalized spacial score (nSPS) is 22.5. The number of piperidine rings is 1. The van der Waals surface area contributed by atoms with Gasteiger partial charge in [-0.1, -0.05) is 0 Å². The van der Waals surface area contributed by atoms with Gasteiger partial charge in [-0.3, -0.25) is 14.8 Å². The van der Waals surface area contributed by atoms with Gasteiger partial charge >= 0.3 is 18.4 Å². The minimum absolute atomic E-state index is 0.163. The van der Waals surface area contributed by atoms with Crippen molar-refractivity contribution in [2.24, 2.45) is 5.92 Å². The molecule has 2 aliphatic heterocycles. The highest BCUT2D eigenvalue weighted by atomic mass is 19.4. The first-order valence-electron chi connectivity index (χ1n) is 14.1. The van der Waals surface area contributed by atoms with Gasteiger partial charge in [0.15, 0.2) is 11.4 Å². The van der Waals surface area contributed by atoms with Crippen LogP contribution in [0.4, 0.5) is 47.0 Å². The molecule has 3 fully saturated rings. The number of nitrogens with zero attached hydrogens (tertiary/aromatic N) is 6. The molecule has 2 N–H and O–H groups in total. The Morgan fingerprint density at radius 3 is 2.41 bits per heavy atom. The Kier molecular flexibility index (Phi) is 6.87. The van der Waals surface area contributed by atoms with E-state index in [-0.39, 0.29) is 55.5 Å². The molecule has 3 aliphatic rings. The highest BCUT2D eigenvalue weighted by Gasteiger charge is 2.66. The number of nitrogens with one attached hydrogen (secondary N) is 2. The third-order valence-corrected chi connectivity index (χ3v) is 8.83. The van der Waals surface area contributed by atoms with Gasteiger partial charge in [0.05, 0.1) is 40.9 Å². The number of ether oxygens (including phenoxy) is 1. The van der Waals surface area contributed by atoms with Crippen LogP contribution in [0.5, 0.6) is 0 Å². The molecule has 0 bridgehead atoms. The van der Waals surface area contributed by atoms with Crippen molar-refractivity contribution in [1.29, 1.82) is 0 Å². The van der Waals surface area contributed by atoms with Crippen LogP contribution in [0.15, 0.2) is 18.5 Å². The molecule has 0 unspecified atom stereocenters. The Bertz CT molecular complexity index is 1570. The lowest BCUT2D eigenvalue weighted by atomic mass is 9.84. The number of hydrogen-bond acceptors (Lipinski definition) is 6. The van der Waals surface area contributed by atoms with Gasteiger partial charge in [0.2, 0.25) is 0 Å². The first-order chi connectivity index (χ1) is 20.5. The number of aromatic nitrogens is 5. The SMILES string of the molecule is CO[C@]1(C(F)(F)F)CCN(C(=O)Nc2cn[nH]c2-c2cc3c(cn2)c(N2CC(C(F)(F)F)C2)nn3CC(C)(C)F)C2(CC2)C1. The lowest BCUT2D eigenvalue weighted by molar-refractivity contribution is -0.287. The Morgan fingerprint density at radius 1 is 1.11 bits per heavy atom. The molecule has 3 aromatic rings. The zero-order chi connectivity index (χ0) is 31.9. The predicted octanol–water partition coefficient (Wildman–Crippen LogP) is 5.68. The van der Waals surface area contributed by atoms with Crippen LogP contribution in [-0.2, 0) is 11.3 Å². The van der Waals surface area contributed by atoms with Gasteiger partial charge in [-0.2, -0.15) is 36.5 Å². The number of halogens is 7. The van der Waals surface area contributed by atoms with Gasteiger partial charge in [-0.25, -0.2) is 9.18 Å². The number of alkyl halides is 7. The second-order valence-electron chi connectivity index (χ2n) is 12.5. The van der Waals surface area contributed by atoms with Crippen molar-refractivity contribution in [2.45, 2.75) is 75.2 Å². The third-order valence-electron chi connectivity index (χ3n) is 8.83. The summed E-state index contributed by atoms with van der Waals surface area (Å²) in [5.74, 6) is -1.23. The van der Waals surface area contributed by atoms with Crippen LogP contribution in [0.25, 0.3) is 22.3 Å². The van der Waals surface area contributed by atoms with Gasteiger partial charge in [0.25, 0.3) is 0 Å². The Hall–Kier alpha value is -3.63. The zero-order valence-corrected chi connectivity index (χ0v) is 24.1. The highest BCUT2D eigenvalue weighted by molar-refractivity contribution is 5.96. The lowest BCUT2D eigenvalue weighted by Gasteiger charge is -2.47. The van der Waals surface area contributed by atoms with Crippen LogP contribution in [0.3, 0.4) is 0 Å². The average molecular weight is 633 g/mol. The van der Waals surface area contributed by atoms with Crippen molar-refractivity contribution in [3.8, 4) is 11.4 Å². The van der Waals surface area contributed by atoms with Crippen LogP contribution in [0, 0.1) is 5.92 Å². The summed E-state index contributed by atoms with van der Waals surface area (Å²) in [5.41, 5.74) is -3.81. The molecular formula is C27H31F7N8O2.